The minimum absolute atomic E-state index is 0.435. The molecule has 0 unspecified atom stereocenters. The van der Waals surface area contributed by atoms with Crippen LogP contribution in [0.5, 0.6) is 0 Å². The predicted octanol–water partition coefficient (Wildman–Crippen LogP) is 4.23. The smallest absolute Gasteiger partial charge is 0.249 e. The summed E-state index contributed by atoms with van der Waals surface area (Å²) in [6, 6.07) is 16.0. The van der Waals surface area contributed by atoms with Crippen molar-refractivity contribution in [3.05, 3.63) is 70.9 Å². The predicted molar refractivity (Wildman–Crippen MR) is 97.9 cm³/mol. The molecule has 0 aliphatic rings. The summed E-state index contributed by atoms with van der Waals surface area (Å²) in [5.74, 6) is 1.12. The molecule has 0 amide bonds. The van der Waals surface area contributed by atoms with Gasteiger partial charge in [0.1, 0.15) is 0 Å². The number of aromatic nitrogens is 3. The average molecular weight is 340 g/mol. The van der Waals surface area contributed by atoms with E-state index in [1.807, 2.05) is 43.3 Å². The van der Waals surface area contributed by atoms with E-state index < -0.39 is 0 Å². The van der Waals surface area contributed by atoms with Gasteiger partial charge in [-0.2, -0.15) is 10.1 Å². The van der Waals surface area contributed by atoms with Gasteiger partial charge in [-0.25, -0.2) is 0 Å². The summed E-state index contributed by atoms with van der Waals surface area (Å²) in [5, 5.41) is 15.1. The van der Waals surface area contributed by atoms with Crippen LogP contribution in [0, 0.1) is 6.92 Å². The summed E-state index contributed by atoms with van der Waals surface area (Å²) in [6.45, 7) is 2.72. The van der Waals surface area contributed by atoms with Gasteiger partial charge in [0.05, 0.1) is 6.20 Å². The van der Waals surface area contributed by atoms with Gasteiger partial charge in [0.2, 0.25) is 5.95 Å². The third-order valence-electron chi connectivity index (χ3n) is 3.64. The van der Waals surface area contributed by atoms with Crippen molar-refractivity contribution < 1.29 is 0 Å². The second kappa shape index (κ2) is 7.75. The Balaban J connectivity index is 1.62. The van der Waals surface area contributed by atoms with Crippen LogP contribution in [0.15, 0.2) is 54.7 Å². The highest BCUT2D eigenvalue weighted by atomic mass is 35.5. The molecule has 0 aliphatic heterocycles. The molecule has 3 rings (SSSR count). The first-order chi connectivity index (χ1) is 11.7. The molecular weight excluding hydrogens is 322 g/mol. The first-order valence-corrected chi connectivity index (χ1v) is 8.10. The van der Waals surface area contributed by atoms with Gasteiger partial charge in [-0.3, -0.25) is 0 Å². The van der Waals surface area contributed by atoms with Gasteiger partial charge in [0.15, 0.2) is 5.82 Å². The van der Waals surface area contributed by atoms with Crippen molar-refractivity contribution in [1.82, 2.24) is 15.2 Å². The number of hydrogen-bond acceptors (Lipinski definition) is 5. The van der Waals surface area contributed by atoms with Crippen molar-refractivity contribution in [2.24, 2.45) is 0 Å². The normalized spacial score (nSPS) is 10.4. The molecule has 1 aromatic heterocycles. The molecule has 2 N–H and O–H groups in total. The number of nitrogens with one attached hydrogen (secondary N) is 2. The number of rotatable bonds is 6. The van der Waals surface area contributed by atoms with Crippen molar-refractivity contribution >= 4 is 29.1 Å². The van der Waals surface area contributed by atoms with E-state index in [0.717, 1.165) is 24.2 Å². The molecule has 0 aliphatic carbocycles. The molecule has 5 nitrogen and oxygen atoms in total. The van der Waals surface area contributed by atoms with E-state index in [4.69, 9.17) is 11.6 Å². The van der Waals surface area contributed by atoms with Crippen LogP contribution in [-0.2, 0) is 6.42 Å². The fourth-order valence-corrected chi connectivity index (χ4v) is 2.46. The lowest BCUT2D eigenvalue weighted by Crippen LogP contribution is -2.09. The van der Waals surface area contributed by atoms with Gasteiger partial charge >= 0.3 is 0 Å². The lowest BCUT2D eigenvalue weighted by atomic mass is 10.1. The van der Waals surface area contributed by atoms with Crippen LogP contribution in [0.3, 0.4) is 0 Å². The lowest BCUT2D eigenvalue weighted by Gasteiger charge is -2.10. The summed E-state index contributed by atoms with van der Waals surface area (Å²) in [7, 11) is 0. The molecule has 122 valence electrons. The van der Waals surface area contributed by atoms with E-state index in [2.05, 4.69) is 37.9 Å². The molecule has 0 fully saturated rings. The van der Waals surface area contributed by atoms with E-state index in [1.165, 1.54) is 5.56 Å². The maximum atomic E-state index is 6.13. The molecule has 0 atom stereocenters. The Labute approximate surface area is 146 Å². The standard InChI is InChI=1S/C18H18ClN5/c1-13-15(19)8-5-9-16(13)22-18-23-17(12-21-24-18)20-11-10-14-6-3-2-4-7-14/h2-9,12H,10-11H2,1H3,(H2,20,22,23,24). The fourth-order valence-electron chi connectivity index (χ4n) is 2.28. The molecule has 0 spiro atoms. The Morgan fingerprint density at radius 2 is 1.88 bits per heavy atom. The topological polar surface area (TPSA) is 62.7 Å². The maximum absolute atomic E-state index is 6.13. The zero-order chi connectivity index (χ0) is 16.8. The minimum atomic E-state index is 0.435. The second-order valence-corrected chi connectivity index (χ2v) is 5.77. The third kappa shape index (κ3) is 4.20. The first kappa shape index (κ1) is 16.2. The van der Waals surface area contributed by atoms with Crippen LogP contribution in [0.4, 0.5) is 17.5 Å². The summed E-state index contributed by atoms with van der Waals surface area (Å²) >= 11 is 6.13. The number of benzene rings is 2. The quantitative estimate of drug-likeness (QED) is 0.703. The van der Waals surface area contributed by atoms with E-state index >= 15 is 0 Å². The van der Waals surface area contributed by atoms with Gasteiger partial charge in [-0.15, -0.1) is 5.10 Å². The fraction of sp³-hybridized carbons (Fsp3) is 0.167. The van der Waals surface area contributed by atoms with Crippen molar-refractivity contribution in [2.45, 2.75) is 13.3 Å². The summed E-state index contributed by atoms with van der Waals surface area (Å²) in [4.78, 5) is 4.43. The van der Waals surface area contributed by atoms with Crippen molar-refractivity contribution in [3.63, 3.8) is 0 Å². The number of nitrogens with zero attached hydrogens (tertiary/aromatic N) is 3. The molecule has 24 heavy (non-hydrogen) atoms. The summed E-state index contributed by atoms with van der Waals surface area (Å²) in [6.07, 6.45) is 2.53. The molecule has 3 aromatic rings. The zero-order valence-corrected chi connectivity index (χ0v) is 14.1. The van der Waals surface area contributed by atoms with Crippen molar-refractivity contribution in [1.29, 1.82) is 0 Å². The third-order valence-corrected chi connectivity index (χ3v) is 4.05. The number of halogens is 1. The first-order valence-electron chi connectivity index (χ1n) is 7.72. The van der Waals surface area contributed by atoms with Crippen LogP contribution in [0.1, 0.15) is 11.1 Å². The highest BCUT2D eigenvalue weighted by molar-refractivity contribution is 6.31. The molecule has 0 saturated carbocycles. The van der Waals surface area contributed by atoms with Crippen molar-refractivity contribution in [2.75, 3.05) is 17.2 Å². The Bertz CT molecular complexity index is 808. The van der Waals surface area contributed by atoms with Gasteiger partial charge in [0.25, 0.3) is 0 Å². The number of hydrogen-bond donors (Lipinski definition) is 2. The van der Waals surface area contributed by atoms with Crippen LogP contribution >= 0.6 is 11.6 Å². The van der Waals surface area contributed by atoms with Crippen LogP contribution < -0.4 is 10.6 Å². The average Bonchev–Trinajstić information content (AvgIpc) is 2.60. The summed E-state index contributed by atoms with van der Waals surface area (Å²) < 4.78 is 0. The second-order valence-electron chi connectivity index (χ2n) is 5.36. The maximum Gasteiger partial charge on any atom is 0.249 e. The van der Waals surface area contributed by atoms with E-state index in [0.29, 0.717) is 16.8 Å². The summed E-state index contributed by atoms with van der Waals surface area (Å²) in [5.41, 5.74) is 3.09. The van der Waals surface area contributed by atoms with Gasteiger partial charge < -0.3 is 10.6 Å². The minimum Gasteiger partial charge on any atom is -0.368 e. The Kier molecular flexibility index (Phi) is 5.23. The van der Waals surface area contributed by atoms with Crippen LogP contribution in [0.2, 0.25) is 5.02 Å². The monoisotopic (exact) mass is 339 g/mol. The van der Waals surface area contributed by atoms with Gasteiger partial charge in [-0.1, -0.05) is 48.0 Å². The highest BCUT2D eigenvalue weighted by Crippen LogP contribution is 2.24. The van der Waals surface area contributed by atoms with Gasteiger partial charge in [-0.05, 0) is 36.6 Å². The SMILES string of the molecule is Cc1c(Cl)cccc1Nc1nncc(NCCc2ccccc2)n1. The van der Waals surface area contributed by atoms with E-state index in [9.17, 15) is 0 Å². The molecule has 1 heterocycles. The Morgan fingerprint density at radius 3 is 2.71 bits per heavy atom. The molecule has 0 bridgehead atoms. The lowest BCUT2D eigenvalue weighted by molar-refractivity contribution is 0.950. The molecule has 0 saturated heterocycles. The molecule has 2 aromatic carbocycles. The van der Waals surface area contributed by atoms with E-state index in [1.54, 1.807) is 6.20 Å². The zero-order valence-electron chi connectivity index (χ0n) is 13.3. The molecular formula is C18H18ClN5. The van der Waals surface area contributed by atoms with E-state index in [-0.39, 0.29) is 0 Å². The van der Waals surface area contributed by atoms with Crippen molar-refractivity contribution in [3.8, 4) is 0 Å². The van der Waals surface area contributed by atoms with Crippen LogP contribution in [-0.4, -0.2) is 21.7 Å². The molecule has 0 radical (unpaired) electrons. The van der Waals surface area contributed by atoms with Crippen LogP contribution in [0.25, 0.3) is 0 Å². The molecule has 6 heteroatoms. The number of anilines is 3. The Hall–Kier alpha value is -2.66. The largest absolute Gasteiger partial charge is 0.368 e. The highest BCUT2D eigenvalue weighted by Gasteiger charge is 2.05. The van der Waals surface area contributed by atoms with Gasteiger partial charge in [0, 0.05) is 17.3 Å². The Morgan fingerprint density at radius 1 is 1.04 bits per heavy atom.